The minimum Gasteiger partial charge on any atom is -0.345 e. The van der Waals surface area contributed by atoms with Crippen LogP contribution >= 0.6 is 0 Å². The van der Waals surface area contributed by atoms with Crippen LogP contribution in [0.25, 0.3) is 0 Å². The quantitative estimate of drug-likeness (QED) is 0.866. The third-order valence-corrected chi connectivity index (χ3v) is 3.29. The van der Waals surface area contributed by atoms with Crippen molar-refractivity contribution in [2.75, 3.05) is 20.1 Å². The molecule has 18 heavy (non-hydrogen) atoms. The Labute approximate surface area is 110 Å². The van der Waals surface area contributed by atoms with Gasteiger partial charge in [0.1, 0.15) is 0 Å². The summed E-state index contributed by atoms with van der Waals surface area (Å²) in [5.74, 6) is 0.108. The molecule has 0 aliphatic carbocycles. The van der Waals surface area contributed by atoms with Crippen LogP contribution in [0.15, 0.2) is 24.3 Å². The van der Waals surface area contributed by atoms with Crippen molar-refractivity contribution in [3.05, 3.63) is 35.4 Å². The Kier molecular flexibility index (Phi) is 4.91. The molecule has 0 saturated heterocycles. The van der Waals surface area contributed by atoms with Crippen LogP contribution in [-0.2, 0) is 11.2 Å². The number of carbonyl (C=O) groups is 1. The number of amides is 1. The summed E-state index contributed by atoms with van der Waals surface area (Å²) < 4.78 is 0. The van der Waals surface area contributed by atoms with Gasteiger partial charge in [-0.2, -0.15) is 0 Å². The van der Waals surface area contributed by atoms with Gasteiger partial charge in [-0.05, 0) is 32.8 Å². The maximum Gasteiger partial charge on any atom is 0.229 e. The maximum absolute atomic E-state index is 12.1. The number of carbonyl (C=O) groups excluding carboxylic acids is 1. The fourth-order valence-corrected chi connectivity index (χ4v) is 1.76. The van der Waals surface area contributed by atoms with Gasteiger partial charge in [-0.1, -0.05) is 29.8 Å². The zero-order valence-electron chi connectivity index (χ0n) is 11.9. The van der Waals surface area contributed by atoms with Crippen LogP contribution in [0.5, 0.6) is 0 Å². The molecule has 0 unspecified atom stereocenters. The largest absolute Gasteiger partial charge is 0.345 e. The van der Waals surface area contributed by atoms with Crippen LogP contribution in [0.1, 0.15) is 25.0 Å². The predicted octanol–water partition coefficient (Wildman–Crippen LogP) is 1.98. The van der Waals surface area contributed by atoms with E-state index in [0.717, 1.165) is 13.0 Å². The van der Waals surface area contributed by atoms with E-state index in [1.54, 1.807) is 4.90 Å². The summed E-state index contributed by atoms with van der Waals surface area (Å²) in [7, 11) is 1.84. The molecule has 1 amide bonds. The number of likely N-dealkylation sites (N-methyl/N-ethyl adjacent to an activating group) is 1. The van der Waals surface area contributed by atoms with Gasteiger partial charge in [0.05, 0.1) is 5.41 Å². The van der Waals surface area contributed by atoms with Crippen LogP contribution in [0.2, 0.25) is 0 Å². The van der Waals surface area contributed by atoms with E-state index in [0.29, 0.717) is 6.54 Å². The molecule has 0 aliphatic rings. The molecule has 0 atom stereocenters. The van der Waals surface area contributed by atoms with E-state index in [1.807, 2.05) is 20.9 Å². The first-order chi connectivity index (χ1) is 8.36. The van der Waals surface area contributed by atoms with Crippen LogP contribution in [0, 0.1) is 12.3 Å². The highest BCUT2D eigenvalue weighted by Gasteiger charge is 2.28. The van der Waals surface area contributed by atoms with Crippen molar-refractivity contribution in [1.29, 1.82) is 0 Å². The number of aryl methyl sites for hydroxylation is 1. The minimum absolute atomic E-state index is 0.108. The van der Waals surface area contributed by atoms with E-state index in [2.05, 4.69) is 31.2 Å². The van der Waals surface area contributed by atoms with E-state index in [-0.39, 0.29) is 5.91 Å². The Morgan fingerprint density at radius 2 is 1.83 bits per heavy atom. The van der Waals surface area contributed by atoms with Crippen molar-refractivity contribution < 1.29 is 4.79 Å². The van der Waals surface area contributed by atoms with Crippen LogP contribution in [0.3, 0.4) is 0 Å². The van der Waals surface area contributed by atoms with Gasteiger partial charge in [0.25, 0.3) is 0 Å². The van der Waals surface area contributed by atoms with Crippen molar-refractivity contribution in [3.63, 3.8) is 0 Å². The topological polar surface area (TPSA) is 46.3 Å². The molecule has 1 aromatic rings. The smallest absolute Gasteiger partial charge is 0.229 e. The summed E-state index contributed by atoms with van der Waals surface area (Å²) in [5.41, 5.74) is 7.66. The summed E-state index contributed by atoms with van der Waals surface area (Å²) in [6.45, 7) is 6.95. The van der Waals surface area contributed by atoms with E-state index in [1.165, 1.54) is 11.1 Å². The second kappa shape index (κ2) is 6.01. The van der Waals surface area contributed by atoms with E-state index >= 15 is 0 Å². The van der Waals surface area contributed by atoms with Crippen molar-refractivity contribution in [1.82, 2.24) is 4.90 Å². The van der Waals surface area contributed by atoms with Crippen LogP contribution in [-0.4, -0.2) is 30.9 Å². The average Bonchev–Trinajstić information content (AvgIpc) is 2.36. The van der Waals surface area contributed by atoms with Gasteiger partial charge in [0, 0.05) is 20.1 Å². The first kappa shape index (κ1) is 14.7. The molecular weight excluding hydrogens is 224 g/mol. The fourth-order valence-electron chi connectivity index (χ4n) is 1.76. The lowest BCUT2D eigenvalue weighted by Gasteiger charge is -2.28. The summed E-state index contributed by atoms with van der Waals surface area (Å²) in [6.07, 6.45) is 0.878. The van der Waals surface area contributed by atoms with Gasteiger partial charge in [-0.15, -0.1) is 0 Å². The summed E-state index contributed by atoms with van der Waals surface area (Å²) >= 11 is 0. The molecule has 0 heterocycles. The molecule has 3 nitrogen and oxygen atoms in total. The first-order valence-electron chi connectivity index (χ1n) is 6.38. The van der Waals surface area contributed by atoms with Gasteiger partial charge >= 0.3 is 0 Å². The predicted molar refractivity (Wildman–Crippen MR) is 75.4 cm³/mol. The average molecular weight is 248 g/mol. The summed E-state index contributed by atoms with van der Waals surface area (Å²) in [6, 6.07) is 8.42. The van der Waals surface area contributed by atoms with Gasteiger partial charge in [0.15, 0.2) is 0 Å². The number of hydrogen-bond donors (Lipinski definition) is 1. The Balaban J connectivity index is 2.53. The highest BCUT2D eigenvalue weighted by molar-refractivity contribution is 5.81. The SMILES string of the molecule is Cc1ccc(CCN(C)C(=O)C(C)(C)CN)cc1. The summed E-state index contributed by atoms with van der Waals surface area (Å²) in [5, 5.41) is 0. The third kappa shape index (κ3) is 3.84. The molecular formula is C15H24N2O. The molecule has 0 aliphatic heterocycles. The third-order valence-electron chi connectivity index (χ3n) is 3.29. The van der Waals surface area contributed by atoms with E-state index < -0.39 is 5.41 Å². The number of benzene rings is 1. The molecule has 2 N–H and O–H groups in total. The molecule has 0 saturated carbocycles. The molecule has 3 heteroatoms. The second-order valence-corrected chi connectivity index (χ2v) is 5.55. The summed E-state index contributed by atoms with van der Waals surface area (Å²) in [4.78, 5) is 13.9. The molecule has 0 fully saturated rings. The number of hydrogen-bond acceptors (Lipinski definition) is 2. The molecule has 100 valence electrons. The number of nitrogens with zero attached hydrogens (tertiary/aromatic N) is 1. The lowest BCUT2D eigenvalue weighted by atomic mass is 9.92. The van der Waals surface area contributed by atoms with Crippen LogP contribution in [0.4, 0.5) is 0 Å². The normalized spacial score (nSPS) is 11.4. The van der Waals surface area contributed by atoms with Crippen molar-refractivity contribution in [2.45, 2.75) is 27.2 Å². The molecule has 0 bridgehead atoms. The zero-order valence-corrected chi connectivity index (χ0v) is 11.9. The van der Waals surface area contributed by atoms with Gasteiger partial charge in [0.2, 0.25) is 5.91 Å². The Morgan fingerprint density at radius 1 is 1.28 bits per heavy atom. The lowest BCUT2D eigenvalue weighted by Crippen LogP contribution is -2.43. The number of rotatable bonds is 5. The highest BCUT2D eigenvalue weighted by atomic mass is 16.2. The first-order valence-corrected chi connectivity index (χ1v) is 6.38. The molecule has 0 spiro atoms. The molecule has 0 aromatic heterocycles. The Hall–Kier alpha value is -1.35. The monoisotopic (exact) mass is 248 g/mol. The highest BCUT2D eigenvalue weighted by Crippen LogP contribution is 2.16. The number of nitrogens with two attached hydrogens (primary N) is 1. The molecule has 0 radical (unpaired) electrons. The van der Waals surface area contributed by atoms with Gasteiger partial charge < -0.3 is 10.6 Å². The minimum atomic E-state index is -0.470. The second-order valence-electron chi connectivity index (χ2n) is 5.55. The molecule has 1 aromatic carbocycles. The fraction of sp³-hybridized carbons (Fsp3) is 0.533. The van der Waals surface area contributed by atoms with E-state index in [9.17, 15) is 4.79 Å². The van der Waals surface area contributed by atoms with Gasteiger partial charge in [-0.3, -0.25) is 4.79 Å². The van der Waals surface area contributed by atoms with Crippen LogP contribution < -0.4 is 5.73 Å². The van der Waals surface area contributed by atoms with Crippen molar-refractivity contribution >= 4 is 5.91 Å². The van der Waals surface area contributed by atoms with E-state index in [4.69, 9.17) is 5.73 Å². The lowest BCUT2D eigenvalue weighted by molar-refractivity contribution is -0.138. The molecule has 1 rings (SSSR count). The maximum atomic E-state index is 12.1. The van der Waals surface area contributed by atoms with Crippen molar-refractivity contribution in [3.8, 4) is 0 Å². The van der Waals surface area contributed by atoms with Crippen molar-refractivity contribution in [2.24, 2.45) is 11.1 Å². The Bertz CT molecular complexity index is 395. The Morgan fingerprint density at radius 3 is 2.33 bits per heavy atom. The standard InChI is InChI=1S/C15H24N2O/c1-12-5-7-13(8-6-12)9-10-17(4)14(18)15(2,3)11-16/h5-8H,9-11,16H2,1-4H3. The van der Waals surface area contributed by atoms with Gasteiger partial charge in [-0.25, -0.2) is 0 Å². The zero-order chi connectivity index (χ0) is 13.8.